The van der Waals surface area contributed by atoms with Crippen molar-refractivity contribution in [3.63, 3.8) is 0 Å². The molecule has 1 aromatic carbocycles. The first kappa shape index (κ1) is 14.7. The van der Waals surface area contributed by atoms with Crippen LogP contribution in [-0.2, 0) is 17.8 Å². The van der Waals surface area contributed by atoms with E-state index in [9.17, 15) is 9.59 Å². The van der Waals surface area contributed by atoms with Crippen LogP contribution in [0.25, 0.3) is 0 Å². The van der Waals surface area contributed by atoms with Crippen LogP contribution in [0.4, 0.5) is 0 Å². The maximum absolute atomic E-state index is 12.1. The van der Waals surface area contributed by atoms with E-state index in [1.807, 2.05) is 12.1 Å². The minimum atomic E-state index is -1.16. The van der Waals surface area contributed by atoms with Crippen molar-refractivity contribution in [1.82, 2.24) is 20.3 Å². The van der Waals surface area contributed by atoms with Crippen molar-refractivity contribution < 1.29 is 14.7 Å². The predicted molar refractivity (Wildman–Crippen MR) is 80.3 cm³/mol. The maximum Gasteiger partial charge on any atom is 0.358 e. The van der Waals surface area contributed by atoms with Crippen LogP contribution in [0.2, 0.25) is 0 Å². The number of aromatic nitrogens is 3. The number of carbonyl (C=O) groups excluding carboxylic acids is 1. The second kappa shape index (κ2) is 5.88. The van der Waals surface area contributed by atoms with Gasteiger partial charge >= 0.3 is 5.97 Å². The first-order chi connectivity index (χ1) is 10.5. The number of carbonyl (C=O) groups is 2. The highest BCUT2D eigenvalue weighted by Gasteiger charge is 2.24. The van der Waals surface area contributed by atoms with Gasteiger partial charge in [0.25, 0.3) is 0 Å². The van der Waals surface area contributed by atoms with Gasteiger partial charge in [0.15, 0.2) is 5.69 Å². The third kappa shape index (κ3) is 3.01. The summed E-state index contributed by atoms with van der Waals surface area (Å²) in [5.41, 5.74) is 2.18. The van der Waals surface area contributed by atoms with Crippen molar-refractivity contribution in [3.05, 3.63) is 45.7 Å². The molecule has 1 atom stereocenters. The fourth-order valence-electron chi connectivity index (χ4n) is 2.60. The van der Waals surface area contributed by atoms with Crippen molar-refractivity contribution in [3.8, 4) is 0 Å². The number of aryl methyl sites for hydroxylation is 1. The molecule has 0 aliphatic heterocycles. The van der Waals surface area contributed by atoms with E-state index in [4.69, 9.17) is 5.11 Å². The third-order valence-corrected chi connectivity index (χ3v) is 4.07. The lowest BCUT2D eigenvalue weighted by molar-refractivity contribution is -0.122. The van der Waals surface area contributed by atoms with E-state index in [1.165, 1.54) is 16.4 Å². The van der Waals surface area contributed by atoms with Crippen molar-refractivity contribution in [2.24, 2.45) is 0 Å². The quantitative estimate of drug-likeness (QED) is 0.857. The Morgan fingerprint density at radius 2 is 2.27 bits per heavy atom. The number of amides is 1. The molecule has 1 heterocycles. The molecule has 1 unspecified atom stereocenters. The van der Waals surface area contributed by atoms with Gasteiger partial charge in [0.1, 0.15) is 6.54 Å². The molecule has 1 aromatic heterocycles. The van der Waals surface area contributed by atoms with E-state index >= 15 is 0 Å². The highest BCUT2D eigenvalue weighted by atomic mass is 79.9. The largest absolute Gasteiger partial charge is 0.476 e. The zero-order valence-corrected chi connectivity index (χ0v) is 13.1. The van der Waals surface area contributed by atoms with Gasteiger partial charge in [-0.15, -0.1) is 5.10 Å². The van der Waals surface area contributed by atoms with Crippen LogP contribution in [-0.4, -0.2) is 32.0 Å². The van der Waals surface area contributed by atoms with Gasteiger partial charge in [0.2, 0.25) is 5.91 Å². The zero-order chi connectivity index (χ0) is 15.7. The Balaban J connectivity index is 1.64. The van der Waals surface area contributed by atoms with Crippen LogP contribution in [0.15, 0.2) is 28.9 Å². The van der Waals surface area contributed by atoms with Crippen LogP contribution in [0, 0.1) is 0 Å². The molecule has 0 saturated carbocycles. The molecule has 2 N–H and O–H groups in total. The highest BCUT2D eigenvalue weighted by molar-refractivity contribution is 9.10. The van der Waals surface area contributed by atoms with Gasteiger partial charge in [-0.1, -0.05) is 27.2 Å². The second-order valence-corrected chi connectivity index (χ2v) is 6.02. The lowest BCUT2D eigenvalue weighted by atomic mass is 10.1. The number of hydrogen-bond donors (Lipinski definition) is 2. The van der Waals surface area contributed by atoms with Gasteiger partial charge in [0, 0.05) is 4.47 Å². The van der Waals surface area contributed by atoms with Crippen LogP contribution in [0.1, 0.15) is 34.1 Å². The first-order valence-electron chi connectivity index (χ1n) is 6.74. The van der Waals surface area contributed by atoms with Gasteiger partial charge in [-0.25, -0.2) is 9.48 Å². The van der Waals surface area contributed by atoms with Crippen molar-refractivity contribution in [1.29, 1.82) is 0 Å². The van der Waals surface area contributed by atoms with Gasteiger partial charge in [-0.3, -0.25) is 4.79 Å². The Morgan fingerprint density at radius 3 is 3.00 bits per heavy atom. The number of carboxylic acids is 1. The Labute approximate surface area is 134 Å². The Bertz CT molecular complexity index is 743. The van der Waals surface area contributed by atoms with E-state index < -0.39 is 5.97 Å². The number of hydrogen-bond acceptors (Lipinski definition) is 4. The maximum atomic E-state index is 12.1. The molecule has 1 aliphatic carbocycles. The summed E-state index contributed by atoms with van der Waals surface area (Å²) in [4.78, 5) is 22.8. The van der Waals surface area contributed by atoms with Crippen molar-refractivity contribution in [2.45, 2.75) is 25.4 Å². The van der Waals surface area contributed by atoms with Crippen molar-refractivity contribution >= 4 is 27.8 Å². The zero-order valence-electron chi connectivity index (χ0n) is 11.5. The number of carboxylic acid groups (broad SMARTS) is 1. The number of benzene rings is 1. The Kier molecular flexibility index (Phi) is 3.93. The molecule has 7 nitrogen and oxygen atoms in total. The van der Waals surface area contributed by atoms with Crippen LogP contribution < -0.4 is 5.32 Å². The summed E-state index contributed by atoms with van der Waals surface area (Å²) in [6.07, 6.45) is 3.02. The topological polar surface area (TPSA) is 97.1 Å². The lowest BCUT2D eigenvalue weighted by Crippen LogP contribution is -2.30. The number of fused-ring (bicyclic) bond motifs is 1. The standard InChI is InChI=1S/C14H13BrN4O3/c15-9-2-3-10-8(5-9)1-4-11(10)16-13(20)7-19-6-12(14(21)22)17-18-19/h2-3,5-6,11H,1,4,7H2,(H,16,20)(H,21,22). The summed E-state index contributed by atoms with van der Waals surface area (Å²) in [6, 6.07) is 6.02. The van der Waals surface area contributed by atoms with E-state index in [0.717, 1.165) is 22.9 Å². The summed E-state index contributed by atoms with van der Waals surface area (Å²) in [6.45, 7) is -0.0529. The minimum absolute atomic E-state index is 0.0157. The normalized spacial score (nSPS) is 16.3. The summed E-state index contributed by atoms with van der Waals surface area (Å²) in [5.74, 6) is -1.38. The second-order valence-electron chi connectivity index (χ2n) is 5.11. The number of aromatic carboxylic acids is 1. The van der Waals surface area contributed by atoms with Gasteiger partial charge in [0.05, 0.1) is 12.2 Å². The van der Waals surface area contributed by atoms with E-state index in [-0.39, 0.29) is 24.2 Å². The average Bonchev–Trinajstić information content (AvgIpc) is 3.06. The van der Waals surface area contributed by atoms with E-state index in [1.54, 1.807) is 0 Å². The Morgan fingerprint density at radius 1 is 1.45 bits per heavy atom. The molecule has 0 spiro atoms. The number of nitrogens with zero attached hydrogens (tertiary/aromatic N) is 3. The fourth-order valence-corrected chi connectivity index (χ4v) is 3.01. The molecule has 3 rings (SSSR count). The molecule has 0 radical (unpaired) electrons. The number of halogens is 1. The third-order valence-electron chi connectivity index (χ3n) is 3.58. The highest BCUT2D eigenvalue weighted by Crippen LogP contribution is 2.32. The van der Waals surface area contributed by atoms with Crippen LogP contribution in [0.3, 0.4) is 0 Å². The minimum Gasteiger partial charge on any atom is -0.476 e. The molecule has 2 aromatic rings. The van der Waals surface area contributed by atoms with E-state index in [0.29, 0.717) is 0 Å². The van der Waals surface area contributed by atoms with Gasteiger partial charge < -0.3 is 10.4 Å². The average molecular weight is 365 g/mol. The molecule has 0 bridgehead atoms. The predicted octanol–water partition coefficient (Wildman–Crippen LogP) is 1.54. The van der Waals surface area contributed by atoms with Gasteiger partial charge in [-0.05, 0) is 36.1 Å². The summed E-state index contributed by atoms with van der Waals surface area (Å²) in [7, 11) is 0. The van der Waals surface area contributed by atoms with Crippen LogP contribution in [0.5, 0.6) is 0 Å². The van der Waals surface area contributed by atoms with E-state index in [2.05, 4.69) is 37.6 Å². The number of rotatable bonds is 4. The fraction of sp³-hybridized carbons (Fsp3) is 0.286. The molecular weight excluding hydrogens is 352 g/mol. The SMILES string of the molecule is O=C(Cn1cc(C(=O)O)nn1)NC1CCc2cc(Br)ccc21. The van der Waals surface area contributed by atoms with Crippen LogP contribution >= 0.6 is 15.9 Å². The Hall–Kier alpha value is -2.22. The first-order valence-corrected chi connectivity index (χ1v) is 7.53. The van der Waals surface area contributed by atoms with Crippen molar-refractivity contribution in [2.75, 3.05) is 0 Å². The molecular formula is C14H13BrN4O3. The monoisotopic (exact) mass is 364 g/mol. The number of nitrogens with one attached hydrogen (secondary N) is 1. The smallest absolute Gasteiger partial charge is 0.358 e. The molecule has 8 heteroatoms. The molecule has 0 fully saturated rings. The summed E-state index contributed by atoms with van der Waals surface area (Å²) in [5, 5.41) is 18.8. The summed E-state index contributed by atoms with van der Waals surface area (Å²) < 4.78 is 2.25. The molecule has 22 heavy (non-hydrogen) atoms. The molecule has 1 amide bonds. The van der Waals surface area contributed by atoms with Gasteiger partial charge in [-0.2, -0.15) is 0 Å². The molecule has 0 saturated heterocycles. The lowest BCUT2D eigenvalue weighted by Gasteiger charge is -2.14. The summed E-state index contributed by atoms with van der Waals surface area (Å²) >= 11 is 3.44. The molecule has 114 valence electrons. The molecule has 1 aliphatic rings.